The molecule has 0 bridgehead atoms. The lowest BCUT2D eigenvalue weighted by Crippen LogP contribution is -2.23. The topological polar surface area (TPSA) is 17.0 Å². The Bertz CT molecular complexity index is 329. The Balaban J connectivity index is 1.70. The van der Waals surface area contributed by atoms with Gasteiger partial charge in [-0.25, -0.2) is 0 Å². The average Bonchev–Trinajstić information content (AvgIpc) is 2.90. The van der Waals surface area contributed by atoms with Crippen molar-refractivity contribution < 1.29 is 0 Å². The Labute approximate surface area is 105 Å². The van der Waals surface area contributed by atoms with Crippen LogP contribution in [0.1, 0.15) is 45.1 Å². The Kier molecular flexibility index (Phi) is 4.66. The molecule has 96 valence electrons. The SMILES string of the molecule is CCCn1ccc(CNCC2CCCC2C)c1. The fourth-order valence-electron chi connectivity index (χ4n) is 2.92. The van der Waals surface area contributed by atoms with Gasteiger partial charge in [0, 0.05) is 25.5 Å². The van der Waals surface area contributed by atoms with Crippen LogP contribution in [0.3, 0.4) is 0 Å². The van der Waals surface area contributed by atoms with E-state index in [-0.39, 0.29) is 0 Å². The van der Waals surface area contributed by atoms with Crippen molar-refractivity contribution in [2.75, 3.05) is 6.54 Å². The minimum absolute atomic E-state index is 0.910. The summed E-state index contributed by atoms with van der Waals surface area (Å²) in [5.74, 6) is 1.83. The molecule has 0 radical (unpaired) electrons. The molecule has 0 saturated heterocycles. The number of hydrogen-bond acceptors (Lipinski definition) is 1. The van der Waals surface area contributed by atoms with Crippen LogP contribution in [0.5, 0.6) is 0 Å². The highest BCUT2D eigenvalue weighted by molar-refractivity contribution is 5.09. The Morgan fingerprint density at radius 1 is 1.41 bits per heavy atom. The molecule has 2 heteroatoms. The van der Waals surface area contributed by atoms with E-state index in [9.17, 15) is 0 Å². The van der Waals surface area contributed by atoms with Crippen molar-refractivity contribution in [3.63, 3.8) is 0 Å². The summed E-state index contributed by atoms with van der Waals surface area (Å²) in [6, 6.07) is 2.24. The van der Waals surface area contributed by atoms with Crippen molar-refractivity contribution in [3.05, 3.63) is 24.0 Å². The molecule has 0 aliphatic heterocycles. The molecule has 2 nitrogen and oxygen atoms in total. The molecular formula is C15H26N2. The summed E-state index contributed by atoms with van der Waals surface area (Å²) >= 11 is 0. The summed E-state index contributed by atoms with van der Waals surface area (Å²) in [5, 5.41) is 3.62. The summed E-state index contributed by atoms with van der Waals surface area (Å²) in [6.45, 7) is 7.98. The number of nitrogens with one attached hydrogen (secondary N) is 1. The van der Waals surface area contributed by atoms with E-state index < -0.39 is 0 Å². The Morgan fingerprint density at radius 3 is 3.00 bits per heavy atom. The maximum absolute atomic E-state index is 3.62. The molecule has 0 amide bonds. The molecule has 1 N–H and O–H groups in total. The maximum Gasteiger partial charge on any atom is 0.0220 e. The summed E-state index contributed by atoms with van der Waals surface area (Å²) in [4.78, 5) is 0. The van der Waals surface area contributed by atoms with Crippen LogP contribution in [0.2, 0.25) is 0 Å². The van der Waals surface area contributed by atoms with Crippen LogP contribution in [0.4, 0.5) is 0 Å². The standard InChI is InChI=1S/C15H26N2/c1-3-8-17-9-7-14(12-17)10-16-11-15-6-4-5-13(15)2/h7,9,12-13,15-16H,3-6,8,10-11H2,1-2H3. The molecule has 1 aromatic heterocycles. The first-order valence-electron chi connectivity index (χ1n) is 7.15. The van der Waals surface area contributed by atoms with Crippen LogP contribution in [0, 0.1) is 11.8 Å². The predicted octanol–water partition coefficient (Wildman–Crippen LogP) is 3.42. The third-order valence-electron chi connectivity index (χ3n) is 4.07. The van der Waals surface area contributed by atoms with Gasteiger partial charge in [0.05, 0.1) is 0 Å². The van der Waals surface area contributed by atoms with Gasteiger partial charge in [0.15, 0.2) is 0 Å². The fraction of sp³-hybridized carbons (Fsp3) is 0.733. The molecule has 0 spiro atoms. The van der Waals surface area contributed by atoms with Crippen molar-refractivity contribution in [2.45, 2.75) is 52.6 Å². The highest BCUT2D eigenvalue weighted by atomic mass is 14.9. The zero-order valence-electron chi connectivity index (χ0n) is 11.3. The average molecular weight is 234 g/mol. The normalized spacial score (nSPS) is 24.4. The smallest absolute Gasteiger partial charge is 0.0220 e. The lowest BCUT2D eigenvalue weighted by atomic mass is 9.98. The quantitative estimate of drug-likeness (QED) is 0.798. The van der Waals surface area contributed by atoms with Crippen LogP contribution < -0.4 is 5.32 Å². The molecule has 1 aliphatic carbocycles. The minimum atomic E-state index is 0.910. The van der Waals surface area contributed by atoms with E-state index >= 15 is 0 Å². The molecule has 2 unspecified atom stereocenters. The number of nitrogens with zero attached hydrogens (tertiary/aromatic N) is 1. The van der Waals surface area contributed by atoms with Gasteiger partial charge in [-0.15, -0.1) is 0 Å². The summed E-state index contributed by atoms with van der Waals surface area (Å²) < 4.78 is 2.29. The molecule has 1 fully saturated rings. The second-order valence-corrected chi connectivity index (χ2v) is 5.56. The fourth-order valence-corrected chi connectivity index (χ4v) is 2.92. The summed E-state index contributed by atoms with van der Waals surface area (Å²) in [6.07, 6.45) is 9.96. The molecule has 1 heterocycles. The molecule has 2 atom stereocenters. The second-order valence-electron chi connectivity index (χ2n) is 5.56. The third kappa shape index (κ3) is 3.60. The number of aryl methyl sites for hydroxylation is 1. The monoisotopic (exact) mass is 234 g/mol. The van der Waals surface area contributed by atoms with Crippen LogP contribution >= 0.6 is 0 Å². The van der Waals surface area contributed by atoms with Gasteiger partial charge >= 0.3 is 0 Å². The van der Waals surface area contributed by atoms with Gasteiger partial charge in [-0.2, -0.15) is 0 Å². The van der Waals surface area contributed by atoms with Gasteiger partial charge in [0.25, 0.3) is 0 Å². The summed E-state index contributed by atoms with van der Waals surface area (Å²) in [5.41, 5.74) is 1.42. The van der Waals surface area contributed by atoms with E-state index in [4.69, 9.17) is 0 Å². The lowest BCUT2D eigenvalue weighted by molar-refractivity contribution is 0.392. The highest BCUT2D eigenvalue weighted by Crippen LogP contribution is 2.30. The maximum atomic E-state index is 3.62. The van der Waals surface area contributed by atoms with Crippen molar-refractivity contribution in [1.82, 2.24) is 9.88 Å². The van der Waals surface area contributed by atoms with Gasteiger partial charge in [0.2, 0.25) is 0 Å². The predicted molar refractivity (Wildman–Crippen MR) is 72.9 cm³/mol. The van der Waals surface area contributed by atoms with Gasteiger partial charge in [-0.1, -0.05) is 26.7 Å². The first kappa shape index (κ1) is 12.7. The van der Waals surface area contributed by atoms with Crippen molar-refractivity contribution in [3.8, 4) is 0 Å². The molecule has 0 aromatic carbocycles. The molecular weight excluding hydrogens is 208 g/mol. The number of hydrogen-bond donors (Lipinski definition) is 1. The second kappa shape index (κ2) is 6.25. The Morgan fingerprint density at radius 2 is 2.29 bits per heavy atom. The van der Waals surface area contributed by atoms with Gasteiger partial charge in [-0.05, 0) is 42.9 Å². The van der Waals surface area contributed by atoms with Gasteiger partial charge in [-0.3, -0.25) is 0 Å². The van der Waals surface area contributed by atoms with E-state index in [0.717, 1.165) is 24.9 Å². The summed E-state index contributed by atoms with van der Waals surface area (Å²) in [7, 11) is 0. The molecule has 1 aliphatic rings. The van der Waals surface area contributed by atoms with Gasteiger partial charge in [0.1, 0.15) is 0 Å². The van der Waals surface area contributed by atoms with Crippen LogP contribution in [0.25, 0.3) is 0 Å². The number of rotatable bonds is 6. The minimum Gasteiger partial charge on any atom is -0.354 e. The van der Waals surface area contributed by atoms with Crippen LogP contribution in [-0.2, 0) is 13.1 Å². The van der Waals surface area contributed by atoms with Crippen molar-refractivity contribution in [1.29, 1.82) is 0 Å². The lowest BCUT2D eigenvalue weighted by Gasteiger charge is -2.15. The number of aromatic nitrogens is 1. The zero-order valence-corrected chi connectivity index (χ0v) is 11.3. The Hall–Kier alpha value is -0.760. The van der Waals surface area contributed by atoms with Crippen molar-refractivity contribution >= 4 is 0 Å². The van der Waals surface area contributed by atoms with Gasteiger partial charge < -0.3 is 9.88 Å². The van der Waals surface area contributed by atoms with E-state index in [1.807, 2.05) is 0 Å². The molecule has 1 aromatic rings. The van der Waals surface area contributed by atoms with E-state index in [2.05, 4.69) is 42.2 Å². The zero-order chi connectivity index (χ0) is 12.1. The largest absolute Gasteiger partial charge is 0.354 e. The van der Waals surface area contributed by atoms with E-state index in [1.54, 1.807) is 0 Å². The first-order valence-corrected chi connectivity index (χ1v) is 7.15. The molecule has 17 heavy (non-hydrogen) atoms. The van der Waals surface area contributed by atoms with Crippen LogP contribution in [-0.4, -0.2) is 11.1 Å². The third-order valence-corrected chi connectivity index (χ3v) is 4.07. The highest BCUT2D eigenvalue weighted by Gasteiger charge is 2.22. The molecule has 1 saturated carbocycles. The first-order chi connectivity index (χ1) is 8.29. The van der Waals surface area contributed by atoms with Crippen LogP contribution in [0.15, 0.2) is 18.5 Å². The van der Waals surface area contributed by atoms with E-state index in [0.29, 0.717) is 0 Å². The molecule has 2 rings (SSSR count). The van der Waals surface area contributed by atoms with E-state index in [1.165, 1.54) is 37.8 Å². The van der Waals surface area contributed by atoms with Crippen molar-refractivity contribution in [2.24, 2.45) is 11.8 Å².